The molecule has 0 aliphatic rings. The Labute approximate surface area is 491 Å². The van der Waals surface area contributed by atoms with Crippen LogP contribution in [0.5, 0.6) is 0 Å². The fraction of sp³-hybridized carbons (Fsp3) is 0.795. The predicted octanol–water partition coefficient (Wildman–Crippen LogP) is 23.7. The molecule has 6 heteroatoms. The number of allylic oxidation sites excluding steroid dienone is 12. The van der Waals surface area contributed by atoms with Gasteiger partial charge in [-0.3, -0.25) is 14.4 Å². The highest BCUT2D eigenvalue weighted by molar-refractivity contribution is 5.71. The second kappa shape index (κ2) is 67.4. The third-order valence-electron chi connectivity index (χ3n) is 15.2. The van der Waals surface area contributed by atoms with Gasteiger partial charge in [0.1, 0.15) is 13.2 Å². The Kier molecular flexibility index (Phi) is 64.7. The maximum Gasteiger partial charge on any atom is 0.306 e. The highest BCUT2D eigenvalue weighted by Gasteiger charge is 2.19. The summed E-state index contributed by atoms with van der Waals surface area (Å²) in [6.45, 7) is 6.53. The van der Waals surface area contributed by atoms with Gasteiger partial charge in [-0.05, 0) is 89.9 Å². The first-order chi connectivity index (χ1) is 39.0. The maximum atomic E-state index is 12.9. The van der Waals surface area contributed by atoms with Crippen molar-refractivity contribution in [2.75, 3.05) is 13.2 Å². The number of hydrogen-bond acceptors (Lipinski definition) is 6. The van der Waals surface area contributed by atoms with Gasteiger partial charge in [-0.1, -0.05) is 318 Å². The van der Waals surface area contributed by atoms with Crippen LogP contribution in [0.25, 0.3) is 0 Å². The van der Waals surface area contributed by atoms with Crippen LogP contribution in [0.1, 0.15) is 355 Å². The SMILES string of the molecule is CC/C=C\C/C=C\C/C=C\C/C=C\CCCCCCCCCCCCCCCCCCCCCCCCC(=O)OCC(COC(=O)CCCCCCCCCCCC)OC(=O)CCCCCCC/C=C\C/C=C\CCCCCC. The molecule has 0 aliphatic carbocycles. The molecule has 0 rings (SSSR count). The van der Waals surface area contributed by atoms with Crippen LogP contribution in [-0.2, 0) is 28.6 Å². The van der Waals surface area contributed by atoms with Crippen LogP contribution in [0.15, 0.2) is 72.9 Å². The highest BCUT2D eigenvalue weighted by atomic mass is 16.6. The molecular formula is C73H130O6. The Hall–Kier alpha value is -3.15. The molecule has 0 aromatic carbocycles. The monoisotopic (exact) mass is 1100 g/mol. The topological polar surface area (TPSA) is 78.9 Å². The third kappa shape index (κ3) is 65.5. The number of hydrogen-bond donors (Lipinski definition) is 0. The molecule has 0 heterocycles. The Bertz CT molecular complexity index is 1450. The van der Waals surface area contributed by atoms with Crippen LogP contribution in [-0.4, -0.2) is 37.2 Å². The molecule has 0 saturated heterocycles. The van der Waals surface area contributed by atoms with Gasteiger partial charge in [-0.2, -0.15) is 0 Å². The number of carbonyl (C=O) groups excluding carboxylic acids is 3. The van der Waals surface area contributed by atoms with E-state index >= 15 is 0 Å². The minimum absolute atomic E-state index is 0.0752. The van der Waals surface area contributed by atoms with E-state index in [1.54, 1.807) is 0 Å². The minimum atomic E-state index is -0.778. The number of esters is 3. The zero-order valence-electron chi connectivity index (χ0n) is 52.6. The van der Waals surface area contributed by atoms with Crippen LogP contribution in [0.3, 0.4) is 0 Å². The van der Waals surface area contributed by atoms with Crippen LogP contribution in [0, 0.1) is 0 Å². The lowest BCUT2D eigenvalue weighted by Gasteiger charge is -2.18. The summed E-state index contributed by atoms with van der Waals surface area (Å²) >= 11 is 0. The summed E-state index contributed by atoms with van der Waals surface area (Å²) in [7, 11) is 0. The van der Waals surface area contributed by atoms with Gasteiger partial charge in [0.2, 0.25) is 0 Å². The Balaban J connectivity index is 4.04. The van der Waals surface area contributed by atoms with Crippen LogP contribution < -0.4 is 0 Å². The number of carbonyl (C=O) groups is 3. The van der Waals surface area contributed by atoms with Gasteiger partial charge < -0.3 is 14.2 Å². The average Bonchev–Trinajstić information content (AvgIpc) is 3.45. The van der Waals surface area contributed by atoms with Gasteiger partial charge >= 0.3 is 17.9 Å². The minimum Gasteiger partial charge on any atom is -0.462 e. The van der Waals surface area contributed by atoms with Crippen molar-refractivity contribution in [1.82, 2.24) is 0 Å². The molecule has 0 bridgehead atoms. The van der Waals surface area contributed by atoms with Crippen molar-refractivity contribution in [1.29, 1.82) is 0 Å². The quantitative estimate of drug-likeness (QED) is 0.0261. The van der Waals surface area contributed by atoms with Crippen LogP contribution in [0.4, 0.5) is 0 Å². The highest BCUT2D eigenvalue weighted by Crippen LogP contribution is 2.18. The summed E-state index contributed by atoms with van der Waals surface area (Å²) in [6.07, 6.45) is 88.1. The lowest BCUT2D eigenvalue weighted by Crippen LogP contribution is -2.30. The molecule has 0 spiro atoms. The van der Waals surface area contributed by atoms with Gasteiger partial charge in [0, 0.05) is 19.3 Å². The molecule has 458 valence electrons. The molecule has 79 heavy (non-hydrogen) atoms. The van der Waals surface area contributed by atoms with E-state index in [2.05, 4.69) is 93.7 Å². The second-order valence-electron chi connectivity index (χ2n) is 23.1. The zero-order valence-corrected chi connectivity index (χ0v) is 52.6. The van der Waals surface area contributed by atoms with Crippen molar-refractivity contribution in [3.05, 3.63) is 72.9 Å². The van der Waals surface area contributed by atoms with Gasteiger partial charge in [-0.15, -0.1) is 0 Å². The molecule has 0 saturated carbocycles. The largest absolute Gasteiger partial charge is 0.462 e. The van der Waals surface area contributed by atoms with E-state index in [1.807, 2.05) is 0 Å². The summed E-state index contributed by atoms with van der Waals surface area (Å²) in [4.78, 5) is 38.2. The van der Waals surface area contributed by atoms with Gasteiger partial charge in [0.25, 0.3) is 0 Å². The maximum absolute atomic E-state index is 12.9. The summed E-state index contributed by atoms with van der Waals surface area (Å²) in [5.41, 5.74) is 0. The van der Waals surface area contributed by atoms with Crippen LogP contribution in [0.2, 0.25) is 0 Å². The first-order valence-corrected chi connectivity index (χ1v) is 34.4. The Morgan fingerprint density at radius 2 is 0.494 bits per heavy atom. The van der Waals surface area contributed by atoms with Crippen molar-refractivity contribution in [2.24, 2.45) is 0 Å². The van der Waals surface area contributed by atoms with E-state index in [-0.39, 0.29) is 31.1 Å². The first-order valence-electron chi connectivity index (χ1n) is 34.4. The molecular weight excluding hydrogens is 973 g/mol. The zero-order chi connectivity index (χ0) is 57.1. The van der Waals surface area contributed by atoms with Gasteiger partial charge in [0.15, 0.2) is 6.10 Å². The molecule has 0 N–H and O–H groups in total. The molecule has 0 amide bonds. The predicted molar refractivity (Wildman–Crippen MR) is 344 cm³/mol. The van der Waals surface area contributed by atoms with E-state index < -0.39 is 6.10 Å². The van der Waals surface area contributed by atoms with Crippen molar-refractivity contribution in [3.8, 4) is 0 Å². The fourth-order valence-electron chi connectivity index (χ4n) is 10.1. The summed E-state index contributed by atoms with van der Waals surface area (Å²) in [5, 5.41) is 0. The molecule has 0 aliphatic heterocycles. The lowest BCUT2D eigenvalue weighted by molar-refractivity contribution is -0.167. The van der Waals surface area contributed by atoms with Crippen molar-refractivity contribution >= 4 is 17.9 Å². The second-order valence-corrected chi connectivity index (χ2v) is 23.1. The fourth-order valence-corrected chi connectivity index (χ4v) is 10.1. The van der Waals surface area contributed by atoms with E-state index in [4.69, 9.17) is 14.2 Å². The van der Waals surface area contributed by atoms with E-state index in [0.29, 0.717) is 19.3 Å². The molecule has 0 aromatic heterocycles. The Morgan fingerprint density at radius 3 is 0.785 bits per heavy atom. The smallest absolute Gasteiger partial charge is 0.306 e. The normalized spacial score (nSPS) is 12.5. The molecule has 1 atom stereocenters. The number of rotatable bonds is 63. The van der Waals surface area contributed by atoms with Crippen molar-refractivity contribution in [2.45, 2.75) is 361 Å². The summed E-state index contributed by atoms with van der Waals surface area (Å²) in [5.74, 6) is -0.871. The molecule has 1 unspecified atom stereocenters. The van der Waals surface area contributed by atoms with E-state index in [0.717, 1.165) is 109 Å². The van der Waals surface area contributed by atoms with Crippen molar-refractivity contribution in [3.63, 3.8) is 0 Å². The Morgan fingerprint density at radius 1 is 0.266 bits per heavy atom. The van der Waals surface area contributed by atoms with Gasteiger partial charge in [-0.25, -0.2) is 0 Å². The first kappa shape index (κ1) is 75.8. The van der Waals surface area contributed by atoms with Gasteiger partial charge in [0.05, 0.1) is 0 Å². The van der Waals surface area contributed by atoms with E-state index in [9.17, 15) is 14.4 Å². The molecule has 0 aromatic rings. The molecule has 0 fully saturated rings. The number of unbranched alkanes of at least 4 members (excludes halogenated alkanes) is 40. The lowest BCUT2D eigenvalue weighted by atomic mass is 10.0. The number of ether oxygens (including phenoxy) is 3. The standard InChI is InChI=1S/C73H130O6/c1-4-7-10-13-16-19-22-24-26-28-29-30-31-32-33-34-35-36-37-38-39-40-41-42-43-44-45-46-48-49-51-54-57-60-63-66-72(75)78-69-70(68-77-71(74)65-62-59-56-53-21-18-15-12-9-6-3)79-73(76)67-64-61-58-55-52-50-47-27-25-23-20-17-14-11-8-5-2/h7,10,16,19-20,23-24,26-27,29-30,47,70H,4-6,8-9,11-15,17-18,21-22,25,28,31-46,48-69H2,1-3H3/b10-7-,19-16-,23-20-,26-24-,30-29-,47-27-. The summed E-state index contributed by atoms with van der Waals surface area (Å²) < 4.78 is 16.9. The van der Waals surface area contributed by atoms with E-state index in [1.165, 1.54) is 205 Å². The third-order valence-corrected chi connectivity index (χ3v) is 15.2. The average molecular weight is 1100 g/mol. The molecule has 0 radical (unpaired) electrons. The summed E-state index contributed by atoms with van der Waals surface area (Å²) in [6, 6.07) is 0. The molecule has 6 nitrogen and oxygen atoms in total. The van der Waals surface area contributed by atoms with Crippen molar-refractivity contribution < 1.29 is 28.6 Å². The van der Waals surface area contributed by atoms with Crippen LogP contribution >= 0.6 is 0 Å².